The Morgan fingerprint density at radius 3 is 2.40 bits per heavy atom. The van der Waals surface area contributed by atoms with Gasteiger partial charge in [-0.05, 0) is 70.8 Å². The molecule has 9 nitrogen and oxygen atoms in total. The summed E-state index contributed by atoms with van der Waals surface area (Å²) in [6.07, 6.45) is -0.586. The number of cyclic esters (lactones) is 1. The van der Waals surface area contributed by atoms with Crippen molar-refractivity contribution in [3.05, 3.63) is 54.5 Å². The number of hydrogen-bond donors (Lipinski definition) is 2. The van der Waals surface area contributed by atoms with E-state index >= 15 is 0 Å². The minimum atomic E-state index is -1.03. The van der Waals surface area contributed by atoms with Crippen molar-refractivity contribution >= 4 is 66.6 Å². The maximum atomic E-state index is 12.8. The highest BCUT2D eigenvalue weighted by molar-refractivity contribution is 9.11. The lowest BCUT2D eigenvalue weighted by Gasteiger charge is -2.38. The summed E-state index contributed by atoms with van der Waals surface area (Å²) in [7, 11) is 0. The number of nitro benzene ring substituents is 1. The molecule has 2 aromatic carbocycles. The van der Waals surface area contributed by atoms with Gasteiger partial charge in [0.15, 0.2) is 0 Å². The van der Waals surface area contributed by atoms with Gasteiger partial charge in [-0.3, -0.25) is 19.8 Å². The van der Waals surface area contributed by atoms with Gasteiger partial charge in [-0.1, -0.05) is 0 Å². The lowest BCUT2D eigenvalue weighted by molar-refractivity contribution is -0.383. The van der Waals surface area contributed by atoms with Crippen LogP contribution in [0.15, 0.2) is 33.2 Å². The zero-order valence-corrected chi connectivity index (χ0v) is 19.5. The molecule has 2 amide bonds. The number of carbonyl (C=O) groups is 2. The number of ether oxygens (including phenoxy) is 1. The van der Waals surface area contributed by atoms with Gasteiger partial charge in [0.2, 0.25) is 0 Å². The van der Waals surface area contributed by atoms with Crippen LogP contribution in [0.5, 0.6) is 0 Å². The van der Waals surface area contributed by atoms with E-state index < -0.39 is 22.5 Å². The molecular formula is C19H18Br2N4O5. The number of nitro groups is 1. The number of nitrogen functional groups attached to an aromatic ring is 1. The molecule has 3 N–H and O–H groups in total. The number of anilines is 3. The zero-order valence-electron chi connectivity index (χ0n) is 16.3. The second kappa shape index (κ2) is 7.88. The summed E-state index contributed by atoms with van der Waals surface area (Å²) >= 11 is 6.55. The van der Waals surface area contributed by atoms with E-state index in [-0.39, 0.29) is 23.5 Å². The van der Waals surface area contributed by atoms with Gasteiger partial charge < -0.3 is 15.8 Å². The Balaban J connectivity index is 2.10. The lowest BCUT2D eigenvalue weighted by atomic mass is 9.92. The third-order valence-electron chi connectivity index (χ3n) is 4.72. The van der Waals surface area contributed by atoms with Gasteiger partial charge in [0.25, 0.3) is 11.6 Å². The molecule has 158 valence electrons. The number of hydrogen-bond acceptors (Lipinski definition) is 6. The predicted octanol–water partition coefficient (Wildman–Crippen LogP) is 5.17. The summed E-state index contributed by atoms with van der Waals surface area (Å²) in [5.41, 5.74) is 6.08. The Bertz CT molecular complexity index is 1060. The van der Waals surface area contributed by atoms with E-state index in [1.54, 1.807) is 20.8 Å². The van der Waals surface area contributed by atoms with Gasteiger partial charge in [0.05, 0.1) is 16.3 Å². The highest BCUT2D eigenvalue weighted by Crippen LogP contribution is 2.44. The number of rotatable bonds is 4. The number of nitrogens with one attached hydrogen (secondary N) is 1. The summed E-state index contributed by atoms with van der Waals surface area (Å²) in [4.78, 5) is 37.5. The van der Waals surface area contributed by atoms with Crippen LogP contribution >= 0.6 is 31.9 Å². The Kier molecular flexibility index (Phi) is 5.79. The summed E-state index contributed by atoms with van der Waals surface area (Å²) in [5.74, 6) is -0.558. The molecule has 0 fully saturated rings. The van der Waals surface area contributed by atoms with Crippen LogP contribution in [-0.2, 0) is 10.3 Å². The topological polar surface area (TPSA) is 128 Å². The third-order valence-corrected chi connectivity index (χ3v) is 6.03. The molecule has 11 heteroatoms. The van der Waals surface area contributed by atoms with Gasteiger partial charge in [-0.25, -0.2) is 4.79 Å². The smallest absolute Gasteiger partial charge is 0.415 e. The summed E-state index contributed by atoms with van der Waals surface area (Å²) in [6.45, 7) is 5.38. The number of amides is 2. The van der Waals surface area contributed by atoms with Crippen LogP contribution in [0.2, 0.25) is 0 Å². The molecule has 0 unspecified atom stereocenters. The largest absolute Gasteiger partial charge is 0.438 e. The molecule has 0 aliphatic carbocycles. The molecule has 0 atom stereocenters. The molecule has 1 heterocycles. The van der Waals surface area contributed by atoms with Gasteiger partial charge in [-0.2, -0.15) is 0 Å². The van der Waals surface area contributed by atoms with Crippen LogP contribution < -0.4 is 16.0 Å². The molecule has 0 saturated heterocycles. The van der Waals surface area contributed by atoms with Crippen LogP contribution in [0.25, 0.3) is 0 Å². The Morgan fingerprint density at radius 1 is 1.27 bits per heavy atom. The lowest BCUT2D eigenvalue weighted by Crippen LogP contribution is -2.43. The standard InChI is InChI=1S/C19H18Br2N4O5/c1-4-24-14-8-15(25(28)29)13(7-10(14)19(2,3)30-18(24)27)23-17(26)9-5-11(20)16(22)12(21)6-9/h5-8H,4,22H2,1-3H3,(H,23,26). The fourth-order valence-electron chi connectivity index (χ4n) is 3.17. The predicted molar refractivity (Wildman–Crippen MR) is 120 cm³/mol. The molecule has 3 rings (SSSR count). The zero-order chi connectivity index (χ0) is 22.4. The maximum Gasteiger partial charge on any atom is 0.415 e. The quantitative estimate of drug-likeness (QED) is 0.312. The number of nitrogens with two attached hydrogens (primary N) is 1. The van der Waals surface area contributed by atoms with Crippen molar-refractivity contribution in [3.8, 4) is 0 Å². The van der Waals surface area contributed by atoms with Crippen LogP contribution in [0.3, 0.4) is 0 Å². The van der Waals surface area contributed by atoms with Crippen molar-refractivity contribution < 1.29 is 19.2 Å². The summed E-state index contributed by atoms with van der Waals surface area (Å²) < 4.78 is 6.49. The van der Waals surface area contributed by atoms with Crippen molar-refractivity contribution in [1.82, 2.24) is 0 Å². The fraction of sp³-hybridized carbons (Fsp3) is 0.263. The second-order valence-electron chi connectivity index (χ2n) is 7.07. The van der Waals surface area contributed by atoms with Gasteiger partial charge in [0.1, 0.15) is 11.3 Å². The van der Waals surface area contributed by atoms with Crippen LogP contribution in [-0.4, -0.2) is 23.5 Å². The first-order chi connectivity index (χ1) is 14.0. The van der Waals surface area contributed by atoms with Crippen molar-refractivity contribution in [1.29, 1.82) is 0 Å². The molecule has 0 spiro atoms. The monoisotopic (exact) mass is 540 g/mol. The first-order valence-corrected chi connectivity index (χ1v) is 10.4. The Labute approximate surface area is 189 Å². The average Bonchev–Trinajstić information content (AvgIpc) is 2.65. The molecule has 0 aromatic heterocycles. The third kappa shape index (κ3) is 3.86. The van der Waals surface area contributed by atoms with Gasteiger partial charge in [0, 0.05) is 32.7 Å². The number of fused-ring (bicyclic) bond motifs is 1. The summed E-state index contributed by atoms with van der Waals surface area (Å²) in [6, 6.07) is 5.79. The van der Waals surface area contributed by atoms with Gasteiger partial charge >= 0.3 is 6.09 Å². The fourth-order valence-corrected chi connectivity index (χ4v) is 4.36. The van der Waals surface area contributed by atoms with E-state index in [0.717, 1.165) is 0 Å². The highest BCUT2D eigenvalue weighted by Gasteiger charge is 2.40. The van der Waals surface area contributed by atoms with E-state index in [0.29, 0.717) is 25.9 Å². The maximum absolute atomic E-state index is 12.8. The van der Waals surface area contributed by atoms with E-state index in [1.807, 2.05) is 0 Å². The van der Waals surface area contributed by atoms with Crippen molar-refractivity contribution in [2.75, 3.05) is 22.5 Å². The highest BCUT2D eigenvalue weighted by atomic mass is 79.9. The SMILES string of the molecule is CCN1C(=O)OC(C)(C)c2cc(NC(=O)c3cc(Br)c(N)c(Br)c3)c([N+](=O)[O-])cc21. The first-order valence-electron chi connectivity index (χ1n) is 8.85. The Morgan fingerprint density at radius 2 is 1.87 bits per heavy atom. The molecule has 0 saturated carbocycles. The van der Waals surface area contributed by atoms with E-state index in [9.17, 15) is 19.7 Å². The average molecular weight is 542 g/mol. The molecule has 1 aliphatic rings. The number of carbonyl (C=O) groups excluding carboxylic acids is 2. The van der Waals surface area contributed by atoms with E-state index in [2.05, 4.69) is 37.2 Å². The number of benzene rings is 2. The first kappa shape index (κ1) is 22.0. The minimum absolute atomic E-state index is 0.00473. The van der Waals surface area contributed by atoms with Crippen molar-refractivity contribution in [2.24, 2.45) is 0 Å². The van der Waals surface area contributed by atoms with Crippen LogP contribution in [0.4, 0.5) is 27.5 Å². The molecule has 2 aromatic rings. The van der Waals surface area contributed by atoms with Crippen LogP contribution in [0, 0.1) is 10.1 Å². The van der Waals surface area contributed by atoms with Gasteiger partial charge in [-0.15, -0.1) is 0 Å². The van der Waals surface area contributed by atoms with Crippen molar-refractivity contribution in [3.63, 3.8) is 0 Å². The molecule has 1 aliphatic heterocycles. The summed E-state index contributed by atoms with van der Waals surface area (Å²) in [5, 5.41) is 14.3. The molecule has 0 radical (unpaired) electrons. The second-order valence-corrected chi connectivity index (χ2v) is 8.78. The van der Waals surface area contributed by atoms with Crippen molar-refractivity contribution in [2.45, 2.75) is 26.4 Å². The molecular weight excluding hydrogens is 524 g/mol. The Hall–Kier alpha value is -2.66. The number of nitrogens with zero attached hydrogens (tertiary/aromatic N) is 2. The molecule has 30 heavy (non-hydrogen) atoms. The van der Waals surface area contributed by atoms with E-state index in [1.165, 1.54) is 29.2 Å². The minimum Gasteiger partial charge on any atom is -0.438 e. The van der Waals surface area contributed by atoms with E-state index in [4.69, 9.17) is 10.5 Å². The molecule has 0 bridgehead atoms. The van der Waals surface area contributed by atoms with Crippen LogP contribution in [0.1, 0.15) is 36.7 Å². The number of halogens is 2. The normalized spacial score (nSPS) is 14.7.